The van der Waals surface area contributed by atoms with Gasteiger partial charge < -0.3 is 9.64 Å². The van der Waals surface area contributed by atoms with Crippen LogP contribution in [0.15, 0.2) is 35.3 Å². The molecule has 0 atom stereocenters. The van der Waals surface area contributed by atoms with Crippen LogP contribution in [0.3, 0.4) is 0 Å². The maximum Gasteiger partial charge on any atom is 0.255 e. The van der Waals surface area contributed by atoms with Gasteiger partial charge in [0.05, 0.1) is 12.2 Å². The van der Waals surface area contributed by atoms with Gasteiger partial charge in [0.15, 0.2) is 0 Å². The molecule has 0 heterocycles. The first-order chi connectivity index (χ1) is 8.60. The van der Waals surface area contributed by atoms with E-state index < -0.39 is 0 Å². The average molecular weight is 424 g/mol. The third kappa shape index (κ3) is 4.37. The normalized spacial score (nSPS) is 10.2. The molecule has 18 heavy (non-hydrogen) atoms. The highest BCUT2D eigenvalue weighted by molar-refractivity contribution is 14.1. The van der Waals surface area contributed by atoms with Gasteiger partial charge in [-0.1, -0.05) is 22.0 Å². The van der Waals surface area contributed by atoms with Crippen LogP contribution in [0.1, 0.15) is 10.4 Å². The first kappa shape index (κ1) is 15.7. The molecule has 0 unspecified atom stereocenters. The summed E-state index contributed by atoms with van der Waals surface area (Å²) in [5.74, 6) is -0.00218. The third-order valence-corrected chi connectivity index (χ3v) is 3.79. The molecule has 98 valence electrons. The van der Waals surface area contributed by atoms with Crippen LogP contribution in [-0.2, 0) is 4.74 Å². The molecule has 3 nitrogen and oxygen atoms in total. The number of nitrogens with zero attached hydrogens (tertiary/aromatic N) is 1. The molecular formula is C13H15BrINO2. The van der Waals surface area contributed by atoms with Crippen LogP contribution in [0.5, 0.6) is 0 Å². The van der Waals surface area contributed by atoms with Crippen LogP contribution >= 0.6 is 38.5 Å². The summed E-state index contributed by atoms with van der Waals surface area (Å²) < 4.78 is 6.86. The van der Waals surface area contributed by atoms with Crippen molar-refractivity contribution in [2.75, 3.05) is 26.8 Å². The molecule has 1 aromatic carbocycles. The van der Waals surface area contributed by atoms with Gasteiger partial charge in [0.2, 0.25) is 0 Å². The van der Waals surface area contributed by atoms with E-state index >= 15 is 0 Å². The van der Waals surface area contributed by atoms with E-state index in [0.717, 1.165) is 8.04 Å². The highest BCUT2D eigenvalue weighted by Crippen LogP contribution is 2.20. The zero-order chi connectivity index (χ0) is 13.5. The van der Waals surface area contributed by atoms with Gasteiger partial charge in [-0.3, -0.25) is 4.79 Å². The van der Waals surface area contributed by atoms with Crippen molar-refractivity contribution in [2.45, 2.75) is 0 Å². The van der Waals surface area contributed by atoms with E-state index in [1.54, 1.807) is 18.1 Å². The monoisotopic (exact) mass is 423 g/mol. The van der Waals surface area contributed by atoms with E-state index in [1.807, 2.05) is 18.2 Å². The molecule has 0 radical (unpaired) electrons. The summed E-state index contributed by atoms with van der Waals surface area (Å²) in [5, 5.41) is 0. The Morgan fingerprint density at radius 3 is 2.94 bits per heavy atom. The predicted octanol–water partition coefficient (Wildman–Crippen LogP) is 3.33. The van der Waals surface area contributed by atoms with Crippen LogP contribution in [0.25, 0.3) is 0 Å². The van der Waals surface area contributed by atoms with Gasteiger partial charge in [0.1, 0.15) is 0 Å². The summed E-state index contributed by atoms with van der Waals surface area (Å²) in [4.78, 5) is 14.1. The second kappa shape index (κ2) is 7.91. The van der Waals surface area contributed by atoms with Gasteiger partial charge in [0.25, 0.3) is 5.91 Å². The van der Waals surface area contributed by atoms with Crippen LogP contribution in [0, 0.1) is 3.57 Å². The van der Waals surface area contributed by atoms with Gasteiger partial charge in [-0.25, -0.2) is 0 Å². The zero-order valence-corrected chi connectivity index (χ0v) is 13.9. The summed E-state index contributed by atoms with van der Waals surface area (Å²) in [5.41, 5.74) is 0.697. The van der Waals surface area contributed by atoms with Gasteiger partial charge in [0, 0.05) is 28.2 Å². The highest BCUT2D eigenvalue weighted by Gasteiger charge is 2.17. The molecule has 0 aliphatic carbocycles. The van der Waals surface area contributed by atoms with Crippen LogP contribution in [0.2, 0.25) is 0 Å². The van der Waals surface area contributed by atoms with E-state index in [4.69, 9.17) is 4.74 Å². The number of amides is 1. The fourth-order valence-electron chi connectivity index (χ4n) is 1.46. The Balaban J connectivity index is 2.93. The molecule has 5 heteroatoms. The van der Waals surface area contributed by atoms with Crippen molar-refractivity contribution < 1.29 is 9.53 Å². The van der Waals surface area contributed by atoms with Crippen molar-refractivity contribution >= 4 is 44.4 Å². The number of benzene rings is 1. The third-order valence-electron chi connectivity index (χ3n) is 2.36. The molecular weight excluding hydrogens is 409 g/mol. The van der Waals surface area contributed by atoms with Crippen molar-refractivity contribution in [3.05, 3.63) is 44.5 Å². The van der Waals surface area contributed by atoms with Crippen molar-refractivity contribution in [2.24, 2.45) is 0 Å². The molecule has 1 rings (SSSR count). The van der Waals surface area contributed by atoms with Crippen molar-refractivity contribution in [3.8, 4) is 0 Å². The molecule has 0 bridgehead atoms. The second-order valence-corrected chi connectivity index (χ2v) is 5.73. The van der Waals surface area contributed by atoms with Gasteiger partial charge in [-0.15, -0.1) is 6.58 Å². The van der Waals surface area contributed by atoms with E-state index in [0.29, 0.717) is 25.3 Å². The average Bonchev–Trinajstić information content (AvgIpc) is 2.36. The second-order valence-electron chi connectivity index (χ2n) is 3.66. The Bertz CT molecular complexity index is 437. The first-order valence-corrected chi connectivity index (χ1v) is 7.31. The fraction of sp³-hybridized carbons (Fsp3) is 0.308. The van der Waals surface area contributed by atoms with Gasteiger partial charge in [-0.2, -0.15) is 0 Å². The Morgan fingerprint density at radius 2 is 2.33 bits per heavy atom. The minimum absolute atomic E-state index is 0.00218. The standard InChI is InChI=1S/C13H15BrINO2/c1-3-6-16(7-8-18-2)13(17)11-9-10(14)4-5-12(11)15/h3-5,9H,1,6-8H2,2H3. The lowest BCUT2D eigenvalue weighted by Gasteiger charge is -2.21. The lowest BCUT2D eigenvalue weighted by Crippen LogP contribution is -2.34. The number of halogens is 2. The van der Waals surface area contributed by atoms with Gasteiger partial charge >= 0.3 is 0 Å². The molecule has 0 aromatic heterocycles. The van der Waals surface area contributed by atoms with E-state index in [9.17, 15) is 4.79 Å². The van der Waals surface area contributed by atoms with E-state index in [2.05, 4.69) is 45.1 Å². The molecule has 1 aromatic rings. The lowest BCUT2D eigenvalue weighted by molar-refractivity contribution is 0.0717. The maximum atomic E-state index is 12.4. The Kier molecular flexibility index (Phi) is 6.88. The largest absolute Gasteiger partial charge is 0.383 e. The van der Waals surface area contributed by atoms with Crippen molar-refractivity contribution in [1.82, 2.24) is 4.90 Å². The summed E-state index contributed by atoms with van der Waals surface area (Å²) in [6, 6.07) is 5.68. The number of carbonyl (C=O) groups excluding carboxylic acids is 1. The highest BCUT2D eigenvalue weighted by atomic mass is 127. The smallest absolute Gasteiger partial charge is 0.255 e. The number of carbonyl (C=O) groups is 1. The minimum atomic E-state index is -0.00218. The Morgan fingerprint density at radius 1 is 1.61 bits per heavy atom. The first-order valence-electron chi connectivity index (χ1n) is 5.44. The lowest BCUT2D eigenvalue weighted by atomic mass is 10.2. The van der Waals surface area contributed by atoms with E-state index in [1.165, 1.54) is 0 Å². The molecule has 0 aliphatic heterocycles. The van der Waals surface area contributed by atoms with Gasteiger partial charge in [-0.05, 0) is 40.8 Å². The summed E-state index contributed by atoms with van der Waals surface area (Å²) >= 11 is 5.55. The molecule has 0 fully saturated rings. The van der Waals surface area contributed by atoms with Crippen molar-refractivity contribution in [1.29, 1.82) is 0 Å². The topological polar surface area (TPSA) is 29.5 Å². The summed E-state index contributed by atoms with van der Waals surface area (Å²) in [7, 11) is 1.62. The maximum absolute atomic E-state index is 12.4. The number of hydrogen-bond donors (Lipinski definition) is 0. The minimum Gasteiger partial charge on any atom is -0.383 e. The molecule has 0 saturated heterocycles. The van der Waals surface area contributed by atoms with E-state index in [-0.39, 0.29) is 5.91 Å². The summed E-state index contributed by atoms with van der Waals surface area (Å²) in [6.07, 6.45) is 1.72. The van der Waals surface area contributed by atoms with Crippen LogP contribution < -0.4 is 0 Å². The fourth-order valence-corrected chi connectivity index (χ4v) is 2.39. The Labute approximate surface area is 129 Å². The number of rotatable bonds is 6. The molecule has 0 saturated carbocycles. The van der Waals surface area contributed by atoms with Crippen LogP contribution in [-0.4, -0.2) is 37.6 Å². The number of hydrogen-bond acceptors (Lipinski definition) is 2. The summed E-state index contributed by atoms with van der Waals surface area (Å²) in [6.45, 7) is 5.27. The van der Waals surface area contributed by atoms with Crippen molar-refractivity contribution in [3.63, 3.8) is 0 Å². The Hall–Kier alpha value is -0.400. The van der Waals surface area contributed by atoms with Crippen LogP contribution in [0.4, 0.5) is 0 Å². The molecule has 0 spiro atoms. The quantitative estimate of drug-likeness (QED) is 0.518. The number of ether oxygens (including phenoxy) is 1. The molecule has 1 amide bonds. The zero-order valence-electron chi connectivity index (χ0n) is 10.2. The number of methoxy groups -OCH3 is 1. The molecule has 0 N–H and O–H groups in total. The SMILES string of the molecule is C=CCN(CCOC)C(=O)c1cc(Br)ccc1I. The predicted molar refractivity (Wildman–Crippen MR) is 84.8 cm³/mol. The molecule has 0 aliphatic rings.